The van der Waals surface area contributed by atoms with E-state index in [4.69, 9.17) is 0 Å². The normalized spacial score (nSPS) is 27.1. The smallest absolute Gasteiger partial charge is 0.320 e. The van der Waals surface area contributed by atoms with E-state index >= 15 is 0 Å². The van der Waals surface area contributed by atoms with Crippen molar-refractivity contribution in [3.8, 4) is 0 Å². The number of carboxylic acid groups (broad SMARTS) is 1. The fourth-order valence-corrected chi connectivity index (χ4v) is 2.52. The zero-order valence-corrected chi connectivity index (χ0v) is 11.3. The van der Waals surface area contributed by atoms with Crippen LogP contribution in [-0.2, 0) is 4.79 Å². The van der Waals surface area contributed by atoms with E-state index in [1.54, 1.807) is 0 Å². The molecule has 2 N–H and O–H groups in total. The first-order chi connectivity index (χ1) is 8.00. The Kier molecular flexibility index (Phi) is 5.92. The van der Waals surface area contributed by atoms with Crippen LogP contribution in [0.3, 0.4) is 0 Å². The molecule has 0 heterocycles. The minimum atomic E-state index is -0.691. The highest BCUT2D eigenvalue weighted by atomic mass is 16.4. The minimum Gasteiger partial charge on any atom is -0.480 e. The molecule has 1 saturated carbocycles. The van der Waals surface area contributed by atoms with E-state index in [-0.39, 0.29) is 6.04 Å². The van der Waals surface area contributed by atoms with Crippen LogP contribution in [0.2, 0.25) is 0 Å². The van der Waals surface area contributed by atoms with Gasteiger partial charge in [0.25, 0.3) is 0 Å². The molecule has 1 aliphatic rings. The van der Waals surface area contributed by atoms with E-state index in [9.17, 15) is 9.90 Å². The molecule has 0 saturated heterocycles. The number of nitrogens with zero attached hydrogens (tertiary/aromatic N) is 1. The third-order valence-electron chi connectivity index (χ3n) is 3.72. The molecule has 17 heavy (non-hydrogen) atoms. The van der Waals surface area contributed by atoms with Gasteiger partial charge < -0.3 is 15.3 Å². The number of carboxylic acids is 1. The van der Waals surface area contributed by atoms with Crippen LogP contribution in [0.15, 0.2) is 0 Å². The van der Waals surface area contributed by atoms with Crippen LogP contribution in [0.25, 0.3) is 0 Å². The lowest BCUT2D eigenvalue weighted by molar-refractivity contribution is -0.141. The van der Waals surface area contributed by atoms with Gasteiger partial charge in [-0.05, 0) is 38.8 Å². The summed E-state index contributed by atoms with van der Waals surface area (Å²) in [5, 5.41) is 12.5. The van der Waals surface area contributed by atoms with Crippen molar-refractivity contribution in [1.29, 1.82) is 0 Å². The average molecular weight is 242 g/mol. The van der Waals surface area contributed by atoms with Crippen LogP contribution in [-0.4, -0.2) is 49.2 Å². The monoisotopic (exact) mass is 242 g/mol. The molecule has 4 nitrogen and oxygen atoms in total. The Morgan fingerprint density at radius 3 is 2.41 bits per heavy atom. The Bertz CT molecular complexity index is 236. The second-order valence-corrected chi connectivity index (χ2v) is 5.59. The first-order valence-electron chi connectivity index (χ1n) is 6.61. The van der Waals surface area contributed by atoms with Gasteiger partial charge in [-0.3, -0.25) is 4.79 Å². The predicted octanol–water partition coefficient (Wildman–Crippen LogP) is 1.42. The van der Waals surface area contributed by atoms with E-state index in [0.717, 1.165) is 31.8 Å². The highest BCUT2D eigenvalue weighted by molar-refractivity contribution is 5.73. The van der Waals surface area contributed by atoms with Crippen LogP contribution in [0.1, 0.15) is 32.6 Å². The van der Waals surface area contributed by atoms with Crippen molar-refractivity contribution in [2.75, 3.05) is 27.2 Å². The van der Waals surface area contributed by atoms with Gasteiger partial charge in [0.2, 0.25) is 0 Å². The molecule has 0 amide bonds. The van der Waals surface area contributed by atoms with E-state index in [2.05, 4.69) is 17.1 Å². The van der Waals surface area contributed by atoms with Crippen LogP contribution >= 0.6 is 0 Å². The number of likely N-dealkylation sites (N-methyl/N-ethyl adjacent to an activating group) is 1. The second kappa shape index (κ2) is 6.97. The maximum atomic E-state index is 11.3. The highest BCUT2D eigenvalue weighted by Crippen LogP contribution is 2.30. The van der Waals surface area contributed by atoms with E-state index in [1.165, 1.54) is 12.8 Å². The van der Waals surface area contributed by atoms with E-state index in [0.29, 0.717) is 5.92 Å². The van der Waals surface area contributed by atoms with Crippen LogP contribution in [0.5, 0.6) is 0 Å². The molecule has 1 aliphatic carbocycles. The first kappa shape index (κ1) is 14.5. The molecular formula is C13H26N2O2. The Balaban J connectivity index is 2.40. The molecule has 1 rings (SSSR count). The van der Waals surface area contributed by atoms with Gasteiger partial charge in [-0.15, -0.1) is 0 Å². The minimum absolute atomic E-state index is 0.311. The molecule has 0 aromatic rings. The van der Waals surface area contributed by atoms with Gasteiger partial charge in [0.1, 0.15) is 6.04 Å². The average Bonchev–Trinajstić information content (AvgIpc) is 2.25. The lowest BCUT2D eigenvalue weighted by atomic mass is 9.79. The molecule has 0 aromatic heterocycles. The van der Waals surface area contributed by atoms with Crippen molar-refractivity contribution in [2.24, 2.45) is 11.8 Å². The molecule has 1 atom stereocenters. The van der Waals surface area contributed by atoms with Crippen LogP contribution in [0, 0.1) is 11.8 Å². The third-order valence-corrected chi connectivity index (χ3v) is 3.72. The second-order valence-electron chi connectivity index (χ2n) is 5.59. The van der Waals surface area contributed by atoms with Crippen molar-refractivity contribution in [3.63, 3.8) is 0 Å². The summed E-state index contributed by atoms with van der Waals surface area (Å²) in [6.07, 6.45) is 4.44. The lowest BCUT2D eigenvalue weighted by Gasteiger charge is -2.31. The summed E-state index contributed by atoms with van der Waals surface area (Å²) in [6.45, 7) is 3.88. The van der Waals surface area contributed by atoms with Crippen molar-refractivity contribution >= 4 is 5.97 Å². The summed E-state index contributed by atoms with van der Waals surface area (Å²) in [7, 11) is 4.00. The topological polar surface area (TPSA) is 52.6 Å². The van der Waals surface area contributed by atoms with Gasteiger partial charge in [-0.1, -0.05) is 19.8 Å². The third kappa shape index (κ3) is 5.04. The number of aliphatic carboxylic acids is 1. The number of nitrogens with one attached hydrogen (secondary N) is 1. The van der Waals surface area contributed by atoms with Crippen LogP contribution in [0.4, 0.5) is 0 Å². The van der Waals surface area contributed by atoms with Gasteiger partial charge in [-0.2, -0.15) is 0 Å². The Morgan fingerprint density at radius 1 is 1.35 bits per heavy atom. The van der Waals surface area contributed by atoms with Crippen molar-refractivity contribution in [3.05, 3.63) is 0 Å². The van der Waals surface area contributed by atoms with Crippen molar-refractivity contribution < 1.29 is 9.90 Å². The molecule has 0 aliphatic heterocycles. The maximum Gasteiger partial charge on any atom is 0.320 e. The first-order valence-corrected chi connectivity index (χ1v) is 6.61. The number of carbonyl (C=O) groups is 1. The largest absolute Gasteiger partial charge is 0.480 e. The zero-order valence-electron chi connectivity index (χ0n) is 11.3. The lowest BCUT2D eigenvalue weighted by Crippen LogP contribution is -2.46. The SMILES string of the molecule is CC1CCC(C(NCCN(C)C)C(=O)O)CC1. The standard InChI is InChI=1S/C13H26N2O2/c1-10-4-6-11(7-5-10)12(13(16)17)14-8-9-15(2)3/h10-12,14H,4-9H2,1-3H3,(H,16,17). The summed E-state index contributed by atoms with van der Waals surface area (Å²) >= 11 is 0. The van der Waals surface area contributed by atoms with E-state index in [1.807, 2.05) is 14.1 Å². The fraction of sp³-hybridized carbons (Fsp3) is 0.923. The van der Waals surface area contributed by atoms with Crippen LogP contribution < -0.4 is 5.32 Å². The van der Waals surface area contributed by atoms with Gasteiger partial charge in [-0.25, -0.2) is 0 Å². The zero-order chi connectivity index (χ0) is 12.8. The Morgan fingerprint density at radius 2 is 1.94 bits per heavy atom. The summed E-state index contributed by atoms with van der Waals surface area (Å²) in [5.41, 5.74) is 0. The summed E-state index contributed by atoms with van der Waals surface area (Å²) in [4.78, 5) is 13.3. The number of hydrogen-bond donors (Lipinski definition) is 2. The summed E-state index contributed by atoms with van der Waals surface area (Å²) < 4.78 is 0. The molecular weight excluding hydrogens is 216 g/mol. The van der Waals surface area contributed by atoms with Gasteiger partial charge in [0, 0.05) is 13.1 Å². The molecule has 0 aromatic carbocycles. The summed E-state index contributed by atoms with van der Waals surface area (Å²) in [5.74, 6) is 0.386. The van der Waals surface area contributed by atoms with Gasteiger partial charge >= 0.3 is 5.97 Å². The highest BCUT2D eigenvalue weighted by Gasteiger charge is 2.30. The number of hydrogen-bond acceptors (Lipinski definition) is 3. The van der Waals surface area contributed by atoms with Gasteiger partial charge in [0.05, 0.1) is 0 Å². The van der Waals surface area contributed by atoms with Crippen molar-refractivity contribution in [2.45, 2.75) is 38.6 Å². The summed E-state index contributed by atoms with van der Waals surface area (Å²) in [6, 6.07) is -0.359. The Hall–Kier alpha value is -0.610. The van der Waals surface area contributed by atoms with E-state index < -0.39 is 5.97 Å². The maximum absolute atomic E-state index is 11.3. The molecule has 1 fully saturated rings. The molecule has 0 radical (unpaired) electrons. The molecule has 1 unspecified atom stereocenters. The molecule has 4 heteroatoms. The molecule has 0 spiro atoms. The molecule has 0 bridgehead atoms. The number of rotatable bonds is 6. The van der Waals surface area contributed by atoms with Crippen molar-refractivity contribution in [1.82, 2.24) is 10.2 Å². The Labute approximate surface area is 104 Å². The predicted molar refractivity (Wildman–Crippen MR) is 69.1 cm³/mol. The quantitative estimate of drug-likeness (QED) is 0.739. The molecule has 100 valence electrons. The fourth-order valence-electron chi connectivity index (χ4n) is 2.52. The van der Waals surface area contributed by atoms with Gasteiger partial charge in [0.15, 0.2) is 0 Å².